The number of ether oxygens (including phenoxy) is 2. The summed E-state index contributed by atoms with van der Waals surface area (Å²) in [4.78, 5) is 38.0. The second-order valence-corrected chi connectivity index (χ2v) is 7.08. The van der Waals surface area contributed by atoms with Crippen LogP contribution in [0.3, 0.4) is 0 Å². The highest BCUT2D eigenvalue weighted by molar-refractivity contribution is 7.17. The maximum absolute atomic E-state index is 13.0. The number of aromatic nitrogens is 2. The van der Waals surface area contributed by atoms with E-state index in [-0.39, 0.29) is 24.3 Å². The molecule has 8 nitrogen and oxygen atoms in total. The van der Waals surface area contributed by atoms with Crippen molar-refractivity contribution in [3.8, 4) is 5.69 Å². The van der Waals surface area contributed by atoms with Crippen LogP contribution in [0.2, 0.25) is 0 Å². The third-order valence-electron chi connectivity index (χ3n) is 4.05. The predicted octanol–water partition coefficient (Wildman–Crippen LogP) is 2.69. The van der Waals surface area contributed by atoms with Crippen LogP contribution in [0.25, 0.3) is 16.5 Å². The minimum absolute atomic E-state index is 0.0244. The zero-order valence-electron chi connectivity index (χ0n) is 15.6. The van der Waals surface area contributed by atoms with Gasteiger partial charge in [-0.2, -0.15) is 9.78 Å². The van der Waals surface area contributed by atoms with E-state index in [1.807, 2.05) is 0 Å². The van der Waals surface area contributed by atoms with Gasteiger partial charge in [-0.15, -0.1) is 11.3 Å². The van der Waals surface area contributed by atoms with Crippen LogP contribution in [0, 0.1) is 6.92 Å². The Bertz CT molecular complexity index is 1120. The molecule has 0 unspecified atom stereocenters. The van der Waals surface area contributed by atoms with E-state index in [0.717, 1.165) is 4.68 Å². The highest BCUT2D eigenvalue weighted by Crippen LogP contribution is 2.32. The molecule has 0 saturated heterocycles. The number of nitrogens with zero attached hydrogens (tertiary/aromatic N) is 2. The number of rotatable bonds is 5. The standard InChI is InChI=1S/C19H19N3O5S/c1-4-26-18(24)11-6-8-12(9-7-11)22-17(23)14-13(10(3)28-16(14)20)15(21-22)19(25)27-5-2/h6-9H,4-5,20H2,1-3H3. The lowest BCUT2D eigenvalue weighted by Gasteiger charge is -2.10. The van der Waals surface area contributed by atoms with Gasteiger partial charge in [0.15, 0.2) is 5.69 Å². The molecule has 1 aromatic carbocycles. The number of aryl methyl sites for hydroxylation is 1. The zero-order valence-corrected chi connectivity index (χ0v) is 16.5. The number of hydrogen-bond donors (Lipinski definition) is 1. The van der Waals surface area contributed by atoms with E-state index in [2.05, 4.69) is 5.10 Å². The van der Waals surface area contributed by atoms with Gasteiger partial charge < -0.3 is 15.2 Å². The largest absolute Gasteiger partial charge is 0.462 e. The van der Waals surface area contributed by atoms with Crippen molar-refractivity contribution in [2.75, 3.05) is 18.9 Å². The number of hydrogen-bond acceptors (Lipinski definition) is 8. The molecule has 2 N–H and O–H groups in total. The fraction of sp³-hybridized carbons (Fsp3) is 0.263. The Morgan fingerprint density at radius 3 is 2.29 bits per heavy atom. The number of carbonyl (C=O) groups is 2. The van der Waals surface area contributed by atoms with Crippen molar-refractivity contribution in [3.05, 3.63) is 50.8 Å². The van der Waals surface area contributed by atoms with Gasteiger partial charge in [0.2, 0.25) is 0 Å². The molecule has 146 valence electrons. The number of esters is 2. The van der Waals surface area contributed by atoms with Crippen molar-refractivity contribution in [2.45, 2.75) is 20.8 Å². The van der Waals surface area contributed by atoms with Crippen molar-refractivity contribution >= 4 is 39.0 Å². The second-order valence-electron chi connectivity index (χ2n) is 5.83. The van der Waals surface area contributed by atoms with Crippen molar-refractivity contribution in [1.82, 2.24) is 9.78 Å². The van der Waals surface area contributed by atoms with Gasteiger partial charge in [0, 0.05) is 10.3 Å². The molecule has 0 atom stereocenters. The number of thiophene rings is 1. The molecular formula is C19H19N3O5S. The summed E-state index contributed by atoms with van der Waals surface area (Å²) in [5.41, 5.74) is 6.33. The van der Waals surface area contributed by atoms with Crippen LogP contribution in [0.5, 0.6) is 0 Å². The molecule has 28 heavy (non-hydrogen) atoms. The van der Waals surface area contributed by atoms with E-state index in [9.17, 15) is 14.4 Å². The summed E-state index contributed by atoms with van der Waals surface area (Å²) in [5, 5.41) is 5.19. The highest BCUT2D eigenvalue weighted by Gasteiger charge is 2.23. The molecule has 0 aliphatic rings. The van der Waals surface area contributed by atoms with Crippen LogP contribution in [0.15, 0.2) is 29.1 Å². The topological polar surface area (TPSA) is 114 Å². The molecule has 0 amide bonds. The van der Waals surface area contributed by atoms with E-state index in [4.69, 9.17) is 15.2 Å². The maximum Gasteiger partial charge on any atom is 0.359 e. The molecule has 0 saturated carbocycles. The normalized spacial score (nSPS) is 10.8. The van der Waals surface area contributed by atoms with Crippen LogP contribution >= 0.6 is 11.3 Å². The molecule has 3 aromatic rings. The Morgan fingerprint density at radius 2 is 1.68 bits per heavy atom. The summed E-state index contributed by atoms with van der Waals surface area (Å²) in [6.07, 6.45) is 0. The number of fused-ring (bicyclic) bond motifs is 1. The van der Waals surface area contributed by atoms with Crippen LogP contribution in [-0.2, 0) is 9.47 Å². The number of anilines is 1. The minimum Gasteiger partial charge on any atom is -0.462 e. The summed E-state index contributed by atoms with van der Waals surface area (Å²) in [7, 11) is 0. The molecular weight excluding hydrogens is 382 g/mol. The summed E-state index contributed by atoms with van der Waals surface area (Å²) < 4.78 is 11.1. The van der Waals surface area contributed by atoms with E-state index in [1.54, 1.807) is 32.9 Å². The fourth-order valence-electron chi connectivity index (χ4n) is 2.84. The molecule has 9 heteroatoms. The average molecular weight is 401 g/mol. The first-order valence-corrected chi connectivity index (χ1v) is 9.47. The first-order valence-electron chi connectivity index (χ1n) is 8.65. The average Bonchev–Trinajstić information content (AvgIpc) is 2.97. The third kappa shape index (κ3) is 3.36. The van der Waals surface area contributed by atoms with Crippen molar-refractivity contribution in [3.63, 3.8) is 0 Å². The van der Waals surface area contributed by atoms with Gasteiger partial charge >= 0.3 is 11.9 Å². The summed E-state index contributed by atoms with van der Waals surface area (Å²) in [6, 6.07) is 6.16. The molecule has 0 aliphatic carbocycles. The van der Waals surface area contributed by atoms with Gasteiger partial charge in [-0.1, -0.05) is 0 Å². The van der Waals surface area contributed by atoms with E-state index < -0.39 is 17.5 Å². The second kappa shape index (κ2) is 7.81. The van der Waals surface area contributed by atoms with Gasteiger partial charge in [-0.25, -0.2) is 9.59 Å². The summed E-state index contributed by atoms with van der Waals surface area (Å²) in [6.45, 7) is 5.61. The van der Waals surface area contributed by atoms with Crippen molar-refractivity contribution < 1.29 is 19.1 Å². The number of benzene rings is 1. The molecule has 0 spiro atoms. The number of nitrogens with two attached hydrogens (primary N) is 1. The van der Waals surface area contributed by atoms with E-state index >= 15 is 0 Å². The Hall–Kier alpha value is -3.20. The van der Waals surface area contributed by atoms with Gasteiger partial charge in [0.1, 0.15) is 0 Å². The van der Waals surface area contributed by atoms with E-state index in [1.165, 1.54) is 23.5 Å². The Labute approximate surface area is 164 Å². The smallest absolute Gasteiger partial charge is 0.359 e. The fourth-order valence-corrected chi connectivity index (χ4v) is 3.76. The summed E-state index contributed by atoms with van der Waals surface area (Å²) in [5.74, 6) is -1.10. The molecule has 0 aliphatic heterocycles. The van der Waals surface area contributed by atoms with Gasteiger partial charge in [0.05, 0.1) is 34.9 Å². The molecule has 0 radical (unpaired) electrons. The van der Waals surface area contributed by atoms with Crippen LogP contribution < -0.4 is 11.3 Å². The zero-order chi connectivity index (χ0) is 20.4. The van der Waals surface area contributed by atoms with E-state index in [0.29, 0.717) is 26.5 Å². The molecule has 2 heterocycles. The Kier molecular flexibility index (Phi) is 5.46. The Balaban J connectivity index is 2.20. The van der Waals surface area contributed by atoms with Crippen LogP contribution in [0.1, 0.15) is 39.6 Å². The summed E-state index contributed by atoms with van der Waals surface area (Å²) >= 11 is 1.22. The molecule has 0 fully saturated rings. The SMILES string of the molecule is CCOC(=O)c1ccc(-n2nc(C(=O)OCC)c3c(C)sc(N)c3c2=O)cc1. The highest BCUT2D eigenvalue weighted by atomic mass is 32.1. The van der Waals surface area contributed by atoms with Gasteiger partial charge in [-0.3, -0.25) is 4.79 Å². The van der Waals surface area contributed by atoms with Gasteiger partial charge in [-0.05, 0) is 45.0 Å². The first kappa shape index (κ1) is 19.6. The molecule has 2 aromatic heterocycles. The number of carbonyl (C=O) groups excluding carboxylic acids is 2. The van der Waals surface area contributed by atoms with Crippen LogP contribution in [-0.4, -0.2) is 34.9 Å². The first-order chi connectivity index (χ1) is 13.4. The molecule has 3 rings (SSSR count). The lowest BCUT2D eigenvalue weighted by atomic mass is 10.1. The number of nitrogen functional groups attached to an aromatic ring is 1. The van der Waals surface area contributed by atoms with Gasteiger partial charge in [0.25, 0.3) is 5.56 Å². The lowest BCUT2D eigenvalue weighted by molar-refractivity contribution is 0.0513. The van der Waals surface area contributed by atoms with Crippen molar-refractivity contribution in [1.29, 1.82) is 0 Å². The maximum atomic E-state index is 13.0. The third-order valence-corrected chi connectivity index (χ3v) is 4.98. The Morgan fingerprint density at radius 1 is 1.07 bits per heavy atom. The monoisotopic (exact) mass is 401 g/mol. The van der Waals surface area contributed by atoms with Crippen LogP contribution in [0.4, 0.5) is 5.00 Å². The lowest BCUT2D eigenvalue weighted by Crippen LogP contribution is -2.25. The molecule has 0 bridgehead atoms. The van der Waals surface area contributed by atoms with Crippen molar-refractivity contribution in [2.24, 2.45) is 0 Å². The quantitative estimate of drug-likeness (QED) is 0.654. The predicted molar refractivity (Wildman–Crippen MR) is 106 cm³/mol. The minimum atomic E-state index is -0.634.